The molecule has 0 spiro atoms. The summed E-state index contributed by atoms with van der Waals surface area (Å²) in [5, 5.41) is 0. The molecular formula is C6H8Mn. The zero-order chi connectivity index (χ0) is 4.41. The summed E-state index contributed by atoms with van der Waals surface area (Å²) in [6.45, 7) is 0. The summed E-state index contributed by atoms with van der Waals surface area (Å²) in [5.41, 5.74) is 0. The molecule has 0 aromatic carbocycles. The van der Waals surface area contributed by atoms with E-state index in [2.05, 4.69) is 28.2 Å². The predicted octanol–water partition coefficient (Wildman–Crippen LogP) is 1.90. The zero-order valence-electron chi connectivity index (χ0n) is 4.26. The molecule has 1 rings (SSSR count). The molecule has 1 radical (unpaired) electrons. The molecule has 7 heavy (non-hydrogen) atoms. The van der Waals surface area contributed by atoms with E-state index in [1.165, 1.54) is 0 Å². The second-order valence-electron chi connectivity index (χ2n) is 1.21. The summed E-state index contributed by atoms with van der Waals surface area (Å²) in [5.74, 6) is 0. The van der Waals surface area contributed by atoms with Crippen LogP contribution in [0.2, 0.25) is 4.82 Å². The minimum atomic E-state index is 0. The molecule has 0 aliphatic heterocycles. The van der Waals surface area contributed by atoms with Crippen LogP contribution in [0, 0.1) is 7.43 Å². The van der Waals surface area contributed by atoms with Gasteiger partial charge in [-0.15, -0.1) is 0 Å². The first-order valence-corrected chi connectivity index (χ1v) is 2.57. The zero-order valence-corrected chi connectivity index (χ0v) is 5.45. The molecule has 0 saturated carbocycles. The van der Waals surface area contributed by atoms with Crippen molar-refractivity contribution in [2.24, 2.45) is 0 Å². The van der Waals surface area contributed by atoms with Gasteiger partial charge in [0.15, 0.2) is 0 Å². The molecule has 0 fully saturated rings. The standard InChI is InChI=1S/C5H5.CH3.Mn/c1-2-4-5-3-1;;/h1-5H;1H3;. The molecule has 0 aromatic rings. The monoisotopic (exact) mass is 135 g/mol. The second kappa shape index (κ2) is 3.06. The van der Waals surface area contributed by atoms with E-state index in [4.69, 9.17) is 0 Å². The molecule has 0 bridgehead atoms. The molecule has 1 aliphatic rings. The van der Waals surface area contributed by atoms with Crippen molar-refractivity contribution < 1.29 is 16.0 Å². The average Bonchev–Trinajstić information content (AvgIpc) is 1.86. The van der Waals surface area contributed by atoms with E-state index in [0.717, 1.165) is 0 Å². The fourth-order valence-corrected chi connectivity index (χ4v) is 0.667. The van der Waals surface area contributed by atoms with Gasteiger partial charge in [0.1, 0.15) is 0 Å². The summed E-state index contributed by atoms with van der Waals surface area (Å²) < 4.78 is 0. The molecule has 1 heteroatoms. The van der Waals surface area contributed by atoms with Crippen LogP contribution in [0.4, 0.5) is 0 Å². The van der Waals surface area contributed by atoms with E-state index >= 15 is 0 Å². The molecule has 0 saturated heterocycles. The third kappa shape index (κ3) is 1.96. The Hall–Kier alpha value is -0.000519. The van der Waals surface area contributed by atoms with Crippen molar-refractivity contribution in [3.05, 3.63) is 31.7 Å². The van der Waals surface area contributed by atoms with Crippen LogP contribution in [-0.4, -0.2) is 0 Å². The number of rotatable bonds is 0. The van der Waals surface area contributed by atoms with Crippen LogP contribution in [0.5, 0.6) is 0 Å². The van der Waals surface area contributed by atoms with Crippen molar-refractivity contribution in [3.8, 4) is 0 Å². The topological polar surface area (TPSA) is 0 Å². The van der Waals surface area contributed by atoms with E-state index in [-0.39, 0.29) is 7.43 Å². The third-order valence-corrected chi connectivity index (χ3v) is 1.16. The Morgan fingerprint density at radius 2 is 1.57 bits per heavy atom. The van der Waals surface area contributed by atoms with Gasteiger partial charge in [-0.1, -0.05) is 7.43 Å². The van der Waals surface area contributed by atoms with Crippen molar-refractivity contribution >= 4 is 0 Å². The minimum absolute atomic E-state index is 0. The van der Waals surface area contributed by atoms with Gasteiger partial charge in [-0.3, -0.25) is 0 Å². The summed E-state index contributed by atoms with van der Waals surface area (Å²) in [7, 11) is 0. The molecule has 0 amide bonds. The molecule has 0 unspecified atom stereocenters. The number of hydrogen-bond donors (Lipinski definition) is 0. The van der Waals surface area contributed by atoms with Gasteiger partial charge in [0.2, 0.25) is 0 Å². The Morgan fingerprint density at radius 1 is 1.14 bits per heavy atom. The summed E-state index contributed by atoms with van der Waals surface area (Å²) >= 11 is 3.36. The molecule has 0 aromatic heterocycles. The van der Waals surface area contributed by atoms with Crippen LogP contribution in [-0.2, 0) is 16.0 Å². The van der Waals surface area contributed by atoms with Crippen LogP contribution in [0.1, 0.15) is 0 Å². The van der Waals surface area contributed by atoms with Gasteiger partial charge >= 0.3 is 45.1 Å². The maximum atomic E-state index is 3.36. The Labute approximate surface area is 53.1 Å². The fraction of sp³-hybridized carbons (Fsp3) is 0.167. The number of hydrogen-bond acceptors (Lipinski definition) is 0. The van der Waals surface area contributed by atoms with Gasteiger partial charge in [-0.25, -0.2) is 0 Å². The SMILES string of the molecule is [CH3].[Mn][CH]1C=CC=C1. The Balaban J connectivity index is 0.000000360. The predicted molar refractivity (Wildman–Crippen MR) is 28.4 cm³/mol. The van der Waals surface area contributed by atoms with Crippen LogP contribution in [0.3, 0.4) is 0 Å². The van der Waals surface area contributed by atoms with Gasteiger partial charge in [-0.2, -0.15) is 0 Å². The molecular weight excluding hydrogens is 127 g/mol. The van der Waals surface area contributed by atoms with Crippen LogP contribution in [0.15, 0.2) is 24.3 Å². The molecule has 0 atom stereocenters. The van der Waals surface area contributed by atoms with Gasteiger partial charge in [0, 0.05) is 0 Å². The first-order chi connectivity index (χ1) is 2.89. The van der Waals surface area contributed by atoms with E-state index < -0.39 is 0 Å². The maximum absolute atomic E-state index is 3.36. The normalized spacial score (nSPS) is 17.3. The first kappa shape index (κ1) is 7.00. The summed E-state index contributed by atoms with van der Waals surface area (Å²) in [4.78, 5) is 0.498. The fourth-order valence-electron chi connectivity index (χ4n) is 0.405. The summed E-state index contributed by atoms with van der Waals surface area (Å²) in [6.07, 6.45) is 8.22. The van der Waals surface area contributed by atoms with Crippen molar-refractivity contribution in [2.75, 3.05) is 0 Å². The van der Waals surface area contributed by atoms with E-state index in [1.807, 2.05) is 12.2 Å². The molecule has 39 valence electrons. The molecule has 0 heterocycles. The average molecular weight is 135 g/mol. The Morgan fingerprint density at radius 3 is 1.71 bits per heavy atom. The first-order valence-electron chi connectivity index (χ1n) is 1.88. The van der Waals surface area contributed by atoms with E-state index in [0.29, 0.717) is 4.82 Å². The van der Waals surface area contributed by atoms with Crippen molar-refractivity contribution in [1.29, 1.82) is 0 Å². The molecule has 0 N–H and O–H groups in total. The molecule has 0 nitrogen and oxygen atoms in total. The second-order valence-corrected chi connectivity index (χ2v) is 2.00. The quantitative estimate of drug-likeness (QED) is 0.445. The van der Waals surface area contributed by atoms with Gasteiger partial charge in [-0.05, 0) is 0 Å². The van der Waals surface area contributed by atoms with Crippen LogP contribution >= 0.6 is 0 Å². The van der Waals surface area contributed by atoms with E-state index in [1.54, 1.807) is 0 Å². The Bertz CT molecular complexity index is 80.4. The van der Waals surface area contributed by atoms with Crippen LogP contribution < -0.4 is 0 Å². The molecule has 1 aliphatic carbocycles. The Kier molecular flexibility index (Phi) is 3.06. The van der Waals surface area contributed by atoms with E-state index in [9.17, 15) is 0 Å². The van der Waals surface area contributed by atoms with Crippen molar-refractivity contribution in [2.45, 2.75) is 4.82 Å². The van der Waals surface area contributed by atoms with Gasteiger partial charge < -0.3 is 0 Å². The van der Waals surface area contributed by atoms with Crippen LogP contribution in [0.25, 0.3) is 0 Å². The van der Waals surface area contributed by atoms with Gasteiger partial charge in [0.25, 0.3) is 0 Å². The summed E-state index contributed by atoms with van der Waals surface area (Å²) in [6, 6.07) is 0. The van der Waals surface area contributed by atoms with Gasteiger partial charge in [0.05, 0.1) is 0 Å². The van der Waals surface area contributed by atoms with Crippen molar-refractivity contribution in [1.82, 2.24) is 0 Å². The number of allylic oxidation sites excluding steroid dienone is 4. The van der Waals surface area contributed by atoms with Crippen molar-refractivity contribution in [3.63, 3.8) is 0 Å². The third-order valence-electron chi connectivity index (χ3n) is 0.701.